The standard InChI is InChI=1S/C17H20N4/c1-12(2)21-11-14(10-19-21)9-18-16-6-4-5-15-8-7-13(3)20-17(15)16/h4-8,10-12,18H,9H2,1-3H3. The third-order valence-electron chi connectivity index (χ3n) is 3.53. The number of aromatic nitrogens is 3. The third-order valence-corrected chi connectivity index (χ3v) is 3.53. The fourth-order valence-corrected chi connectivity index (χ4v) is 2.34. The smallest absolute Gasteiger partial charge is 0.0936 e. The number of nitrogens with zero attached hydrogens (tertiary/aromatic N) is 3. The van der Waals surface area contributed by atoms with E-state index >= 15 is 0 Å². The number of hydrogen-bond donors (Lipinski definition) is 1. The molecule has 0 spiro atoms. The molecule has 0 unspecified atom stereocenters. The molecule has 2 aromatic heterocycles. The lowest BCUT2D eigenvalue weighted by Gasteiger charge is -2.09. The molecule has 0 atom stereocenters. The van der Waals surface area contributed by atoms with Crippen molar-refractivity contribution < 1.29 is 0 Å². The predicted molar refractivity (Wildman–Crippen MR) is 86.4 cm³/mol. The van der Waals surface area contributed by atoms with Gasteiger partial charge >= 0.3 is 0 Å². The molecule has 3 rings (SSSR count). The van der Waals surface area contributed by atoms with E-state index < -0.39 is 0 Å². The van der Waals surface area contributed by atoms with Crippen molar-refractivity contribution in [3.05, 3.63) is 54.0 Å². The number of para-hydroxylation sites is 1. The van der Waals surface area contributed by atoms with Crippen LogP contribution in [0.2, 0.25) is 0 Å². The first kappa shape index (κ1) is 13.6. The van der Waals surface area contributed by atoms with Crippen molar-refractivity contribution in [1.82, 2.24) is 14.8 Å². The maximum Gasteiger partial charge on any atom is 0.0936 e. The van der Waals surface area contributed by atoms with E-state index in [1.54, 1.807) is 0 Å². The summed E-state index contributed by atoms with van der Waals surface area (Å²) in [5.41, 5.74) is 4.29. The maximum atomic E-state index is 4.64. The van der Waals surface area contributed by atoms with Gasteiger partial charge in [-0.1, -0.05) is 18.2 Å². The number of nitrogens with one attached hydrogen (secondary N) is 1. The van der Waals surface area contributed by atoms with E-state index in [0.717, 1.165) is 28.8 Å². The first-order valence-electron chi connectivity index (χ1n) is 7.27. The molecule has 4 nitrogen and oxygen atoms in total. The lowest BCUT2D eigenvalue weighted by molar-refractivity contribution is 0.532. The van der Waals surface area contributed by atoms with Crippen molar-refractivity contribution in [2.24, 2.45) is 0 Å². The lowest BCUT2D eigenvalue weighted by Crippen LogP contribution is -2.02. The van der Waals surface area contributed by atoms with E-state index in [4.69, 9.17) is 0 Å². The number of benzene rings is 1. The van der Waals surface area contributed by atoms with Gasteiger partial charge in [0, 0.05) is 35.4 Å². The summed E-state index contributed by atoms with van der Waals surface area (Å²) in [6.45, 7) is 7.02. The van der Waals surface area contributed by atoms with Crippen molar-refractivity contribution in [3.8, 4) is 0 Å². The molecule has 0 radical (unpaired) electrons. The highest BCUT2D eigenvalue weighted by atomic mass is 15.3. The summed E-state index contributed by atoms with van der Waals surface area (Å²) in [4.78, 5) is 4.64. The van der Waals surface area contributed by atoms with Gasteiger partial charge in [0.05, 0.1) is 17.4 Å². The fraction of sp³-hybridized carbons (Fsp3) is 0.294. The highest BCUT2D eigenvalue weighted by Crippen LogP contribution is 2.22. The summed E-state index contributed by atoms with van der Waals surface area (Å²) in [6.07, 6.45) is 4.00. The van der Waals surface area contributed by atoms with Crippen LogP contribution in [0.1, 0.15) is 31.1 Å². The van der Waals surface area contributed by atoms with Crippen LogP contribution in [0.5, 0.6) is 0 Å². The molecule has 0 saturated heterocycles. The fourth-order valence-electron chi connectivity index (χ4n) is 2.34. The summed E-state index contributed by atoms with van der Waals surface area (Å²) in [7, 11) is 0. The van der Waals surface area contributed by atoms with Gasteiger partial charge in [-0.25, -0.2) is 0 Å². The Bertz CT molecular complexity index is 758. The molecule has 0 aliphatic heterocycles. The van der Waals surface area contributed by atoms with Gasteiger partial charge in [0.2, 0.25) is 0 Å². The van der Waals surface area contributed by atoms with Crippen LogP contribution in [-0.2, 0) is 6.54 Å². The van der Waals surface area contributed by atoms with Crippen molar-refractivity contribution in [2.45, 2.75) is 33.4 Å². The van der Waals surface area contributed by atoms with Crippen molar-refractivity contribution in [3.63, 3.8) is 0 Å². The second-order valence-corrected chi connectivity index (χ2v) is 5.61. The molecule has 0 aliphatic carbocycles. The maximum absolute atomic E-state index is 4.64. The Kier molecular flexibility index (Phi) is 3.60. The monoisotopic (exact) mass is 280 g/mol. The second-order valence-electron chi connectivity index (χ2n) is 5.61. The number of hydrogen-bond acceptors (Lipinski definition) is 3. The molecule has 0 saturated carbocycles. The Morgan fingerprint density at radius 3 is 2.81 bits per heavy atom. The average Bonchev–Trinajstić information content (AvgIpc) is 2.94. The molecule has 0 aliphatic rings. The zero-order valence-electron chi connectivity index (χ0n) is 12.7. The molecule has 1 N–H and O–H groups in total. The summed E-state index contributed by atoms with van der Waals surface area (Å²) in [5.74, 6) is 0. The number of anilines is 1. The molecule has 1 aromatic carbocycles. The Morgan fingerprint density at radius 2 is 2.05 bits per heavy atom. The Balaban J connectivity index is 1.82. The van der Waals surface area contributed by atoms with E-state index in [2.05, 4.69) is 59.7 Å². The first-order chi connectivity index (χ1) is 10.1. The van der Waals surface area contributed by atoms with Crippen LogP contribution in [0.3, 0.4) is 0 Å². The highest BCUT2D eigenvalue weighted by molar-refractivity contribution is 5.90. The minimum absolute atomic E-state index is 0.389. The van der Waals surface area contributed by atoms with Gasteiger partial charge in [0.15, 0.2) is 0 Å². The SMILES string of the molecule is Cc1ccc2cccc(NCc3cnn(C(C)C)c3)c2n1. The lowest BCUT2D eigenvalue weighted by atomic mass is 10.1. The normalized spacial score (nSPS) is 11.2. The number of rotatable bonds is 4. The van der Waals surface area contributed by atoms with Crippen molar-refractivity contribution in [1.29, 1.82) is 0 Å². The van der Waals surface area contributed by atoms with Crippen LogP contribution in [0, 0.1) is 6.92 Å². The van der Waals surface area contributed by atoms with Crippen LogP contribution in [0.15, 0.2) is 42.7 Å². The van der Waals surface area contributed by atoms with Gasteiger partial charge < -0.3 is 5.32 Å². The molecular formula is C17H20N4. The van der Waals surface area contributed by atoms with Crippen molar-refractivity contribution in [2.75, 3.05) is 5.32 Å². The molecule has 0 fully saturated rings. The molecule has 108 valence electrons. The minimum atomic E-state index is 0.389. The molecule has 2 heterocycles. The van der Waals surface area contributed by atoms with Crippen LogP contribution >= 0.6 is 0 Å². The quantitative estimate of drug-likeness (QED) is 0.787. The summed E-state index contributed by atoms with van der Waals surface area (Å²) in [6, 6.07) is 10.8. The van der Waals surface area contributed by atoms with Crippen molar-refractivity contribution >= 4 is 16.6 Å². The Morgan fingerprint density at radius 1 is 1.19 bits per heavy atom. The second kappa shape index (κ2) is 5.56. The molecule has 4 heteroatoms. The molecule has 0 bridgehead atoms. The molecular weight excluding hydrogens is 260 g/mol. The summed E-state index contributed by atoms with van der Waals surface area (Å²) >= 11 is 0. The average molecular weight is 280 g/mol. The van der Waals surface area contributed by atoms with E-state index in [0.29, 0.717) is 6.04 Å². The van der Waals surface area contributed by atoms with Gasteiger partial charge in [-0.05, 0) is 32.9 Å². The van der Waals surface area contributed by atoms with E-state index in [1.165, 1.54) is 5.56 Å². The number of fused-ring (bicyclic) bond motifs is 1. The van der Waals surface area contributed by atoms with E-state index in [-0.39, 0.29) is 0 Å². The summed E-state index contributed by atoms with van der Waals surface area (Å²) in [5, 5.41) is 8.99. The zero-order chi connectivity index (χ0) is 14.8. The topological polar surface area (TPSA) is 42.7 Å². The van der Waals surface area contributed by atoms with Crippen LogP contribution in [0.25, 0.3) is 10.9 Å². The highest BCUT2D eigenvalue weighted by Gasteiger charge is 2.05. The van der Waals surface area contributed by atoms with Crippen LogP contribution in [-0.4, -0.2) is 14.8 Å². The van der Waals surface area contributed by atoms with E-state index in [9.17, 15) is 0 Å². The third kappa shape index (κ3) is 2.89. The van der Waals surface area contributed by atoms with Gasteiger partial charge in [-0.15, -0.1) is 0 Å². The van der Waals surface area contributed by atoms with Gasteiger partial charge in [0.1, 0.15) is 0 Å². The largest absolute Gasteiger partial charge is 0.379 e. The Hall–Kier alpha value is -2.36. The van der Waals surface area contributed by atoms with Crippen LogP contribution < -0.4 is 5.32 Å². The number of pyridine rings is 1. The molecule has 21 heavy (non-hydrogen) atoms. The minimum Gasteiger partial charge on any atom is -0.379 e. The molecule has 0 amide bonds. The van der Waals surface area contributed by atoms with E-state index in [1.807, 2.05) is 23.9 Å². The Labute approximate surface area is 124 Å². The van der Waals surface area contributed by atoms with Gasteiger partial charge in [0.25, 0.3) is 0 Å². The zero-order valence-corrected chi connectivity index (χ0v) is 12.7. The molecule has 3 aromatic rings. The summed E-state index contributed by atoms with van der Waals surface area (Å²) < 4.78 is 1.97. The van der Waals surface area contributed by atoms with Crippen LogP contribution in [0.4, 0.5) is 5.69 Å². The van der Waals surface area contributed by atoms with Gasteiger partial charge in [-0.3, -0.25) is 9.67 Å². The first-order valence-corrected chi connectivity index (χ1v) is 7.27. The number of aryl methyl sites for hydroxylation is 1. The van der Waals surface area contributed by atoms with Gasteiger partial charge in [-0.2, -0.15) is 5.10 Å². The predicted octanol–water partition coefficient (Wildman–Crippen LogP) is 3.93.